The van der Waals surface area contributed by atoms with Crippen molar-refractivity contribution in [2.45, 2.75) is 57.4 Å². The fourth-order valence-electron chi connectivity index (χ4n) is 2.95. The summed E-state index contributed by atoms with van der Waals surface area (Å²) in [6.45, 7) is 1.97. The van der Waals surface area contributed by atoms with Gasteiger partial charge in [-0.05, 0) is 38.6 Å². The number of nitrogens with zero attached hydrogens (tertiary/aromatic N) is 3. The molecule has 0 unspecified atom stereocenters. The molecule has 0 radical (unpaired) electrons. The molecule has 0 spiro atoms. The summed E-state index contributed by atoms with van der Waals surface area (Å²) in [5.74, 6) is 3.17. The van der Waals surface area contributed by atoms with Gasteiger partial charge in [-0.1, -0.05) is 24.4 Å². The lowest BCUT2D eigenvalue weighted by atomic mass is 9.89. The maximum atomic E-state index is 5.32. The first-order valence-electron chi connectivity index (χ1n) is 7.32. The zero-order valence-corrected chi connectivity index (χ0v) is 11.3. The van der Waals surface area contributed by atoms with E-state index >= 15 is 0 Å². The van der Waals surface area contributed by atoms with Gasteiger partial charge in [-0.2, -0.15) is 4.98 Å². The van der Waals surface area contributed by atoms with Crippen molar-refractivity contribution >= 4 is 0 Å². The van der Waals surface area contributed by atoms with Gasteiger partial charge in [-0.15, -0.1) is 0 Å². The summed E-state index contributed by atoms with van der Waals surface area (Å²) in [6, 6.07) is 0. The predicted molar refractivity (Wildman–Crippen MR) is 69.2 cm³/mol. The molecule has 2 saturated carbocycles. The molecule has 2 aliphatic rings. The monoisotopic (exact) mass is 249 g/mol. The third-order valence-electron chi connectivity index (χ3n) is 4.13. The predicted octanol–water partition coefficient (Wildman–Crippen LogP) is 2.96. The molecule has 3 rings (SSSR count). The smallest absolute Gasteiger partial charge is 0.240 e. The van der Waals surface area contributed by atoms with E-state index in [2.05, 4.69) is 22.1 Å². The Bertz CT molecular complexity index is 380. The van der Waals surface area contributed by atoms with E-state index in [0.29, 0.717) is 5.92 Å². The van der Waals surface area contributed by atoms with Crippen LogP contribution in [0.1, 0.15) is 62.6 Å². The summed E-state index contributed by atoms with van der Waals surface area (Å²) in [5.41, 5.74) is 0. The van der Waals surface area contributed by atoms with E-state index in [0.717, 1.165) is 24.2 Å². The Morgan fingerprint density at radius 2 is 1.94 bits per heavy atom. The minimum Gasteiger partial charge on any atom is -0.338 e. The molecule has 100 valence electrons. The lowest BCUT2D eigenvalue weighted by Crippen LogP contribution is -2.26. The summed E-state index contributed by atoms with van der Waals surface area (Å²) in [6.07, 6.45) is 9.49. The van der Waals surface area contributed by atoms with Gasteiger partial charge < -0.3 is 4.52 Å². The fourth-order valence-corrected chi connectivity index (χ4v) is 2.95. The third-order valence-corrected chi connectivity index (χ3v) is 4.13. The zero-order chi connectivity index (χ0) is 12.4. The summed E-state index contributed by atoms with van der Waals surface area (Å²) < 4.78 is 5.32. The van der Waals surface area contributed by atoms with E-state index in [1.807, 2.05) is 0 Å². The van der Waals surface area contributed by atoms with Crippen molar-refractivity contribution in [3.05, 3.63) is 11.7 Å². The van der Waals surface area contributed by atoms with Crippen LogP contribution in [0.3, 0.4) is 0 Å². The minimum atomic E-state index is 0.589. The Hall–Kier alpha value is -0.900. The number of hydrogen-bond donors (Lipinski definition) is 0. The van der Waals surface area contributed by atoms with Gasteiger partial charge in [0.2, 0.25) is 5.89 Å². The maximum Gasteiger partial charge on any atom is 0.240 e. The van der Waals surface area contributed by atoms with Crippen molar-refractivity contribution in [2.75, 3.05) is 13.6 Å². The van der Waals surface area contributed by atoms with E-state index in [1.54, 1.807) is 0 Å². The third kappa shape index (κ3) is 3.10. The van der Waals surface area contributed by atoms with Gasteiger partial charge in [0.05, 0.1) is 6.54 Å². The topological polar surface area (TPSA) is 42.2 Å². The largest absolute Gasteiger partial charge is 0.338 e. The van der Waals surface area contributed by atoms with E-state index < -0.39 is 0 Å². The SMILES string of the molecule is CN(Cc1nc(C2CC2)no1)CC1CCCCC1. The van der Waals surface area contributed by atoms with E-state index in [4.69, 9.17) is 4.52 Å². The molecule has 2 fully saturated rings. The number of hydrogen-bond acceptors (Lipinski definition) is 4. The molecule has 2 aliphatic carbocycles. The van der Waals surface area contributed by atoms with Crippen molar-refractivity contribution in [2.24, 2.45) is 5.92 Å². The van der Waals surface area contributed by atoms with Crippen molar-refractivity contribution in [3.8, 4) is 0 Å². The van der Waals surface area contributed by atoms with Crippen LogP contribution in [-0.4, -0.2) is 28.6 Å². The van der Waals surface area contributed by atoms with E-state index in [9.17, 15) is 0 Å². The molecule has 0 bridgehead atoms. The molecule has 1 aromatic rings. The highest BCUT2D eigenvalue weighted by molar-refractivity contribution is 5.03. The summed E-state index contributed by atoms with van der Waals surface area (Å²) in [4.78, 5) is 6.82. The normalized spacial score (nSPS) is 21.7. The van der Waals surface area contributed by atoms with Crippen LogP contribution in [0.4, 0.5) is 0 Å². The second-order valence-corrected chi connectivity index (χ2v) is 6.02. The van der Waals surface area contributed by atoms with E-state index in [-0.39, 0.29) is 0 Å². The lowest BCUT2D eigenvalue weighted by molar-refractivity contribution is 0.206. The molecular formula is C14H23N3O. The molecular weight excluding hydrogens is 226 g/mol. The van der Waals surface area contributed by atoms with Gasteiger partial charge in [0, 0.05) is 12.5 Å². The Morgan fingerprint density at radius 3 is 2.67 bits per heavy atom. The van der Waals surface area contributed by atoms with Crippen LogP contribution in [0.15, 0.2) is 4.52 Å². The first-order valence-corrected chi connectivity index (χ1v) is 7.32. The van der Waals surface area contributed by atoms with Crippen LogP contribution < -0.4 is 0 Å². The van der Waals surface area contributed by atoms with Crippen LogP contribution in [-0.2, 0) is 6.54 Å². The summed E-state index contributed by atoms with van der Waals surface area (Å²) in [5, 5.41) is 4.07. The molecule has 4 nitrogen and oxygen atoms in total. The Balaban J connectivity index is 1.48. The zero-order valence-electron chi connectivity index (χ0n) is 11.3. The summed E-state index contributed by atoms with van der Waals surface area (Å²) >= 11 is 0. The molecule has 0 saturated heterocycles. The second kappa shape index (κ2) is 5.39. The lowest BCUT2D eigenvalue weighted by Gasteiger charge is -2.26. The molecule has 0 atom stereocenters. The molecule has 0 amide bonds. The number of aromatic nitrogens is 2. The standard InChI is InChI=1S/C14H23N3O/c1-17(9-11-5-3-2-4-6-11)10-13-15-14(16-18-13)12-7-8-12/h11-12H,2-10H2,1H3. The van der Waals surface area contributed by atoms with Gasteiger partial charge in [-0.25, -0.2) is 0 Å². The average Bonchev–Trinajstić information content (AvgIpc) is 3.12. The summed E-state index contributed by atoms with van der Waals surface area (Å²) in [7, 11) is 2.16. The Morgan fingerprint density at radius 1 is 1.17 bits per heavy atom. The van der Waals surface area contributed by atoms with Crippen LogP contribution in [0.5, 0.6) is 0 Å². The first-order chi connectivity index (χ1) is 8.81. The van der Waals surface area contributed by atoms with Crippen LogP contribution in [0, 0.1) is 5.92 Å². The Kier molecular flexibility index (Phi) is 3.64. The van der Waals surface area contributed by atoms with Crippen LogP contribution in [0.2, 0.25) is 0 Å². The molecule has 0 aromatic carbocycles. The molecule has 1 aromatic heterocycles. The quantitative estimate of drug-likeness (QED) is 0.804. The second-order valence-electron chi connectivity index (χ2n) is 6.02. The first kappa shape index (κ1) is 12.2. The van der Waals surface area contributed by atoms with Gasteiger partial charge >= 0.3 is 0 Å². The van der Waals surface area contributed by atoms with Crippen molar-refractivity contribution in [1.29, 1.82) is 0 Å². The molecule has 18 heavy (non-hydrogen) atoms. The molecule has 1 heterocycles. The van der Waals surface area contributed by atoms with Gasteiger partial charge in [-0.3, -0.25) is 4.90 Å². The van der Waals surface area contributed by atoms with Gasteiger partial charge in [0.1, 0.15) is 0 Å². The highest BCUT2D eigenvalue weighted by Crippen LogP contribution is 2.38. The molecule has 0 aliphatic heterocycles. The van der Waals surface area contributed by atoms with Crippen LogP contribution in [0.25, 0.3) is 0 Å². The highest BCUT2D eigenvalue weighted by atomic mass is 16.5. The van der Waals surface area contributed by atoms with E-state index in [1.165, 1.54) is 51.5 Å². The van der Waals surface area contributed by atoms with Crippen molar-refractivity contribution in [1.82, 2.24) is 15.0 Å². The minimum absolute atomic E-state index is 0.589. The van der Waals surface area contributed by atoms with Gasteiger partial charge in [0.25, 0.3) is 0 Å². The number of rotatable bonds is 5. The Labute approximate surface area is 109 Å². The van der Waals surface area contributed by atoms with Crippen molar-refractivity contribution < 1.29 is 4.52 Å². The van der Waals surface area contributed by atoms with Crippen molar-refractivity contribution in [3.63, 3.8) is 0 Å². The average molecular weight is 249 g/mol. The fraction of sp³-hybridized carbons (Fsp3) is 0.857. The van der Waals surface area contributed by atoms with Crippen LogP contribution >= 0.6 is 0 Å². The maximum absolute atomic E-state index is 5.32. The molecule has 4 heteroatoms. The highest BCUT2D eigenvalue weighted by Gasteiger charge is 2.29. The molecule has 0 N–H and O–H groups in total. The van der Waals surface area contributed by atoms with Gasteiger partial charge in [0.15, 0.2) is 5.82 Å².